The van der Waals surface area contributed by atoms with Gasteiger partial charge in [0.25, 0.3) is 5.91 Å². The number of carbonyl (C=O) groups is 1. The molecule has 0 aromatic heterocycles. The molecule has 2 rings (SSSR count). The molecule has 0 atom stereocenters. The Morgan fingerprint density at radius 1 is 1.33 bits per heavy atom. The van der Waals surface area contributed by atoms with Crippen LogP contribution in [0.3, 0.4) is 0 Å². The van der Waals surface area contributed by atoms with Gasteiger partial charge in [0.15, 0.2) is 0 Å². The van der Waals surface area contributed by atoms with Gasteiger partial charge in [0.2, 0.25) is 0 Å². The Balaban J connectivity index is 1.97. The van der Waals surface area contributed by atoms with Crippen LogP contribution in [-0.2, 0) is 9.84 Å². The van der Waals surface area contributed by atoms with Crippen LogP contribution in [0.25, 0.3) is 0 Å². The highest BCUT2D eigenvalue weighted by Crippen LogP contribution is 2.21. The van der Waals surface area contributed by atoms with Gasteiger partial charge in [0, 0.05) is 24.9 Å². The van der Waals surface area contributed by atoms with Crippen LogP contribution in [0.5, 0.6) is 5.75 Å². The summed E-state index contributed by atoms with van der Waals surface area (Å²) in [6.45, 7) is 1.21. The van der Waals surface area contributed by atoms with Gasteiger partial charge in [-0.2, -0.15) is 0 Å². The number of piperidine rings is 1. The third kappa shape index (κ3) is 4.46. The molecule has 5 nitrogen and oxygen atoms in total. The van der Waals surface area contributed by atoms with E-state index < -0.39 is 9.84 Å². The van der Waals surface area contributed by atoms with E-state index in [9.17, 15) is 13.2 Å². The average molecular weight is 311 g/mol. The average Bonchev–Trinajstić information content (AvgIpc) is 2.46. The first-order chi connectivity index (χ1) is 9.89. The molecule has 21 heavy (non-hydrogen) atoms. The number of ether oxygens (including phenoxy) is 1. The summed E-state index contributed by atoms with van der Waals surface area (Å²) in [4.78, 5) is 14.2. The van der Waals surface area contributed by atoms with E-state index in [0.29, 0.717) is 24.4 Å². The Morgan fingerprint density at radius 3 is 2.57 bits per heavy atom. The number of sulfone groups is 1. The number of benzene rings is 1. The molecule has 1 aromatic carbocycles. The molecule has 1 amide bonds. The summed E-state index contributed by atoms with van der Waals surface area (Å²) >= 11 is 0. The second kappa shape index (κ2) is 6.47. The van der Waals surface area contributed by atoms with Gasteiger partial charge in [-0.05, 0) is 37.0 Å². The lowest BCUT2D eigenvalue weighted by Crippen LogP contribution is -2.39. The van der Waals surface area contributed by atoms with E-state index in [4.69, 9.17) is 4.74 Å². The van der Waals surface area contributed by atoms with E-state index in [1.54, 1.807) is 36.3 Å². The first-order valence-corrected chi connectivity index (χ1v) is 9.06. The van der Waals surface area contributed by atoms with Gasteiger partial charge in [0.05, 0.1) is 12.9 Å². The second-order valence-corrected chi connectivity index (χ2v) is 7.74. The van der Waals surface area contributed by atoms with Crippen LogP contribution in [-0.4, -0.2) is 51.4 Å². The van der Waals surface area contributed by atoms with E-state index in [1.807, 2.05) is 0 Å². The zero-order valence-corrected chi connectivity index (χ0v) is 13.2. The minimum atomic E-state index is -2.94. The van der Waals surface area contributed by atoms with Crippen LogP contribution in [0.1, 0.15) is 23.2 Å². The van der Waals surface area contributed by atoms with Crippen LogP contribution in [0.4, 0.5) is 0 Å². The monoisotopic (exact) mass is 311 g/mol. The third-order valence-corrected chi connectivity index (χ3v) is 4.83. The maximum absolute atomic E-state index is 12.4. The zero-order valence-electron chi connectivity index (χ0n) is 12.4. The summed E-state index contributed by atoms with van der Waals surface area (Å²) in [6, 6.07) is 7.09. The van der Waals surface area contributed by atoms with Crippen molar-refractivity contribution in [3.63, 3.8) is 0 Å². The minimum Gasteiger partial charge on any atom is -0.497 e. The fourth-order valence-electron chi connectivity index (χ4n) is 2.67. The molecule has 6 heteroatoms. The summed E-state index contributed by atoms with van der Waals surface area (Å²) in [5.74, 6) is 1.02. The lowest BCUT2D eigenvalue weighted by Gasteiger charge is -2.31. The van der Waals surface area contributed by atoms with Crippen molar-refractivity contribution in [1.29, 1.82) is 0 Å². The van der Waals surface area contributed by atoms with Gasteiger partial charge in [0.1, 0.15) is 15.6 Å². The van der Waals surface area contributed by atoms with Gasteiger partial charge in [-0.25, -0.2) is 8.42 Å². The Hall–Kier alpha value is -1.56. The number of hydrogen-bond acceptors (Lipinski definition) is 4. The van der Waals surface area contributed by atoms with Crippen LogP contribution in [0.2, 0.25) is 0 Å². The van der Waals surface area contributed by atoms with Crippen molar-refractivity contribution >= 4 is 15.7 Å². The molecular weight excluding hydrogens is 290 g/mol. The molecule has 116 valence electrons. The fourth-order valence-corrected chi connectivity index (χ4v) is 3.86. The quantitative estimate of drug-likeness (QED) is 0.847. The molecule has 1 fully saturated rings. The Labute approximate surface area is 125 Å². The SMILES string of the molecule is COc1cccc(C(=O)N2CCC(CS(C)(=O)=O)CC2)c1. The lowest BCUT2D eigenvalue weighted by molar-refractivity contribution is 0.0698. The van der Waals surface area contributed by atoms with Gasteiger partial charge in [-0.15, -0.1) is 0 Å². The predicted octanol–water partition coefficient (Wildman–Crippen LogP) is 1.59. The lowest BCUT2D eigenvalue weighted by atomic mass is 9.98. The van der Waals surface area contributed by atoms with Crippen molar-refractivity contribution in [1.82, 2.24) is 4.90 Å². The Morgan fingerprint density at radius 2 is 2.00 bits per heavy atom. The maximum Gasteiger partial charge on any atom is 0.253 e. The third-order valence-electron chi connectivity index (χ3n) is 3.76. The minimum absolute atomic E-state index is 0.0216. The summed E-state index contributed by atoms with van der Waals surface area (Å²) in [5, 5.41) is 0. The molecular formula is C15H21NO4S. The van der Waals surface area contributed by atoms with E-state index >= 15 is 0 Å². The molecule has 1 aliphatic rings. The smallest absolute Gasteiger partial charge is 0.253 e. The largest absolute Gasteiger partial charge is 0.497 e. The fraction of sp³-hybridized carbons (Fsp3) is 0.533. The summed E-state index contributed by atoms with van der Waals surface area (Å²) in [6.07, 6.45) is 2.74. The molecule has 0 unspecified atom stereocenters. The summed E-state index contributed by atoms with van der Waals surface area (Å²) < 4.78 is 27.8. The highest BCUT2D eigenvalue weighted by atomic mass is 32.2. The normalized spacial score (nSPS) is 16.8. The molecule has 0 saturated carbocycles. The second-order valence-electron chi connectivity index (χ2n) is 5.56. The Bertz CT molecular complexity index is 604. The van der Waals surface area contributed by atoms with Crippen molar-refractivity contribution in [3.8, 4) is 5.75 Å². The van der Waals surface area contributed by atoms with E-state index in [1.165, 1.54) is 6.26 Å². The molecule has 1 saturated heterocycles. The molecule has 0 bridgehead atoms. The number of nitrogens with zero attached hydrogens (tertiary/aromatic N) is 1. The van der Waals surface area contributed by atoms with Crippen molar-refractivity contribution < 1.29 is 17.9 Å². The van der Waals surface area contributed by atoms with E-state index in [2.05, 4.69) is 0 Å². The van der Waals surface area contributed by atoms with Gasteiger partial charge in [-0.3, -0.25) is 4.79 Å². The molecule has 0 aliphatic carbocycles. The highest BCUT2D eigenvalue weighted by molar-refractivity contribution is 7.90. The van der Waals surface area contributed by atoms with Crippen LogP contribution >= 0.6 is 0 Å². The standard InChI is InChI=1S/C15H21NO4S/c1-20-14-5-3-4-13(10-14)15(17)16-8-6-12(7-9-16)11-21(2,18)19/h3-5,10,12H,6-9,11H2,1-2H3. The van der Waals surface area contributed by atoms with Crippen molar-refractivity contribution in [2.24, 2.45) is 5.92 Å². The topological polar surface area (TPSA) is 63.7 Å². The zero-order chi connectivity index (χ0) is 15.5. The van der Waals surface area contributed by atoms with Gasteiger partial charge >= 0.3 is 0 Å². The molecule has 1 aliphatic heterocycles. The van der Waals surface area contributed by atoms with Crippen molar-refractivity contribution in [2.75, 3.05) is 32.2 Å². The van der Waals surface area contributed by atoms with Crippen LogP contribution in [0.15, 0.2) is 24.3 Å². The number of methoxy groups -OCH3 is 1. The number of likely N-dealkylation sites (tertiary alicyclic amines) is 1. The molecule has 0 N–H and O–H groups in total. The summed E-state index contributed by atoms with van der Waals surface area (Å²) in [5.41, 5.74) is 0.607. The van der Waals surface area contributed by atoms with Gasteiger partial charge in [-0.1, -0.05) is 6.07 Å². The molecule has 1 aromatic rings. The maximum atomic E-state index is 12.4. The van der Waals surface area contributed by atoms with Crippen molar-refractivity contribution in [3.05, 3.63) is 29.8 Å². The number of carbonyl (C=O) groups excluding carboxylic acids is 1. The first-order valence-electron chi connectivity index (χ1n) is 7.00. The molecule has 0 radical (unpaired) electrons. The first kappa shape index (κ1) is 15.8. The van der Waals surface area contributed by atoms with Crippen LogP contribution < -0.4 is 4.74 Å². The van der Waals surface area contributed by atoms with Crippen molar-refractivity contribution in [2.45, 2.75) is 12.8 Å². The summed E-state index contributed by atoms with van der Waals surface area (Å²) in [7, 11) is -1.37. The van der Waals surface area contributed by atoms with E-state index in [-0.39, 0.29) is 17.6 Å². The highest BCUT2D eigenvalue weighted by Gasteiger charge is 2.25. The molecule has 0 spiro atoms. The number of amides is 1. The number of hydrogen-bond donors (Lipinski definition) is 0. The van der Waals surface area contributed by atoms with E-state index in [0.717, 1.165) is 12.8 Å². The molecule has 1 heterocycles. The van der Waals surface area contributed by atoms with Gasteiger partial charge < -0.3 is 9.64 Å². The predicted molar refractivity (Wildman–Crippen MR) is 81.3 cm³/mol. The number of rotatable bonds is 4. The van der Waals surface area contributed by atoms with Crippen LogP contribution in [0, 0.1) is 5.92 Å². The Kier molecular flexibility index (Phi) is 4.88.